The van der Waals surface area contributed by atoms with Gasteiger partial charge in [-0.3, -0.25) is 4.79 Å². The summed E-state index contributed by atoms with van der Waals surface area (Å²) in [6.45, 7) is 3.03. The van der Waals surface area contributed by atoms with Gasteiger partial charge in [0.25, 0.3) is 0 Å². The first-order valence-electron chi connectivity index (χ1n) is 10.1. The van der Waals surface area contributed by atoms with Crippen molar-refractivity contribution in [1.82, 2.24) is 10.2 Å². The molecule has 1 amide bonds. The second kappa shape index (κ2) is 10.7. The maximum atomic E-state index is 12.4. The number of nitrogens with zero attached hydrogens (tertiary/aromatic N) is 1. The van der Waals surface area contributed by atoms with Crippen LogP contribution in [0.2, 0.25) is 0 Å². The van der Waals surface area contributed by atoms with Crippen LogP contribution in [-0.2, 0) is 11.2 Å². The van der Waals surface area contributed by atoms with E-state index in [1.54, 1.807) is 26.4 Å². The van der Waals surface area contributed by atoms with Gasteiger partial charge in [0.15, 0.2) is 11.5 Å². The Hall–Kier alpha value is -2.79. The Balaban J connectivity index is 1.49. The standard InChI is InChI=1S/C24H30N2O3/c1-28-22-12-10-20(17-23(22)29-2)11-13-24(27)25-21-9-6-15-26(18-21)16-14-19-7-4-3-5-8-19/h3-5,7-8,10-13,17,21H,6,9,14-16,18H2,1-2H3,(H,25,27)/b13-11+. The van der Waals surface area contributed by atoms with Crippen LogP contribution in [0.3, 0.4) is 0 Å². The Labute approximate surface area is 173 Å². The van der Waals surface area contributed by atoms with Crippen molar-refractivity contribution in [2.75, 3.05) is 33.9 Å². The third-order valence-corrected chi connectivity index (χ3v) is 5.25. The molecule has 1 aliphatic heterocycles. The molecule has 1 fully saturated rings. The van der Waals surface area contributed by atoms with Crippen molar-refractivity contribution in [3.8, 4) is 11.5 Å². The van der Waals surface area contributed by atoms with Gasteiger partial charge in [-0.25, -0.2) is 0 Å². The first-order valence-corrected chi connectivity index (χ1v) is 10.1. The van der Waals surface area contributed by atoms with Crippen LogP contribution in [0.15, 0.2) is 54.6 Å². The van der Waals surface area contributed by atoms with Crippen LogP contribution in [0.25, 0.3) is 6.08 Å². The number of amides is 1. The molecule has 2 aromatic rings. The fraction of sp³-hybridized carbons (Fsp3) is 0.375. The van der Waals surface area contributed by atoms with E-state index in [1.807, 2.05) is 24.3 Å². The van der Waals surface area contributed by atoms with E-state index >= 15 is 0 Å². The van der Waals surface area contributed by atoms with Crippen LogP contribution in [0.5, 0.6) is 11.5 Å². The van der Waals surface area contributed by atoms with E-state index in [0.717, 1.165) is 44.5 Å². The fourth-order valence-electron chi connectivity index (χ4n) is 3.69. The molecule has 0 saturated carbocycles. The Bertz CT molecular complexity index is 820. The zero-order chi connectivity index (χ0) is 20.5. The van der Waals surface area contributed by atoms with Crippen LogP contribution in [0.4, 0.5) is 0 Å². The van der Waals surface area contributed by atoms with Crippen molar-refractivity contribution in [2.24, 2.45) is 0 Å². The van der Waals surface area contributed by atoms with Gasteiger partial charge in [0.05, 0.1) is 14.2 Å². The van der Waals surface area contributed by atoms with Crippen LogP contribution >= 0.6 is 0 Å². The molecule has 5 nitrogen and oxygen atoms in total. The summed E-state index contributed by atoms with van der Waals surface area (Å²) >= 11 is 0. The first-order chi connectivity index (χ1) is 14.2. The molecule has 1 aliphatic rings. The lowest BCUT2D eigenvalue weighted by molar-refractivity contribution is -0.117. The number of methoxy groups -OCH3 is 2. The van der Waals surface area contributed by atoms with Crippen LogP contribution in [-0.4, -0.2) is 50.7 Å². The Morgan fingerprint density at radius 3 is 2.69 bits per heavy atom. The van der Waals surface area contributed by atoms with Crippen molar-refractivity contribution in [1.29, 1.82) is 0 Å². The van der Waals surface area contributed by atoms with Crippen molar-refractivity contribution < 1.29 is 14.3 Å². The van der Waals surface area contributed by atoms with Crippen LogP contribution in [0, 0.1) is 0 Å². The molecule has 0 aromatic heterocycles. The second-order valence-corrected chi connectivity index (χ2v) is 7.33. The van der Waals surface area contributed by atoms with E-state index in [1.165, 1.54) is 5.56 Å². The van der Waals surface area contributed by atoms with Crippen molar-refractivity contribution in [3.05, 3.63) is 65.7 Å². The molecule has 1 unspecified atom stereocenters. The molecule has 3 rings (SSSR count). The molecule has 5 heteroatoms. The van der Waals surface area contributed by atoms with Crippen LogP contribution < -0.4 is 14.8 Å². The van der Waals surface area contributed by atoms with Gasteiger partial charge in [0.1, 0.15) is 0 Å². The van der Waals surface area contributed by atoms with E-state index in [0.29, 0.717) is 11.5 Å². The van der Waals surface area contributed by atoms with E-state index in [4.69, 9.17) is 9.47 Å². The topological polar surface area (TPSA) is 50.8 Å². The average molecular weight is 395 g/mol. The van der Waals surface area contributed by atoms with Gasteiger partial charge < -0.3 is 19.7 Å². The van der Waals surface area contributed by atoms with E-state index in [-0.39, 0.29) is 11.9 Å². The van der Waals surface area contributed by atoms with Crippen LogP contribution in [0.1, 0.15) is 24.0 Å². The second-order valence-electron chi connectivity index (χ2n) is 7.33. The third-order valence-electron chi connectivity index (χ3n) is 5.25. The van der Waals surface area contributed by atoms with E-state index in [2.05, 4.69) is 34.5 Å². The van der Waals surface area contributed by atoms with Gasteiger partial charge in [-0.2, -0.15) is 0 Å². The average Bonchev–Trinajstić information content (AvgIpc) is 2.77. The Morgan fingerprint density at radius 2 is 1.93 bits per heavy atom. The van der Waals surface area contributed by atoms with Gasteiger partial charge in [-0.05, 0) is 55.1 Å². The maximum Gasteiger partial charge on any atom is 0.244 e. The molecule has 2 aromatic carbocycles. The molecule has 154 valence electrons. The molecule has 0 aliphatic carbocycles. The van der Waals surface area contributed by atoms with Gasteiger partial charge in [-0.1, -0.05) is 36.4 Å². The molecule has 1 heterocycles. The molecule has 0 bridgehead atoms. The minimum Gasteiger partial charge on any atom is -0.493 e. The van der Waals surface area contributed by atoms with Gasteiger partial charge >= 0.3 is 0 Å². The molecular weight excluding hydrogens is 364 g/mol. The van der Waals surface area contributed by atoms with E-state index < -0.39 is 0 Å². The monoisotopic (exact) mass is 394 g/mol. The summed E-state index contributed by atoms with van der Waals surface area (Å²) in [6, 6.07) is 16.3. The van der Waals surface area contributed by atoms with Crippen molar-refractivity contribution in [3.63, 3.8) is 0 Å². The van der Waals surface area contributed by atoms with Crippen molar-refractivity contribution >= 4 is 12.0 Å². The lowest BCUT2D eigenvalue weighted by Gasteiger charge is -2.33. The zero-order valence-corrected chi connectivity index (χ0v) is 17.3. The maximum absolute atomic E-state index is 12.4. The quantitative estimate of drug-likeness (QED) is 0.696. The number of hydrogen-bond acceptors (Lipinski definition) is 4. The predicted octanol–water partition coefficient (Wildman–Crippen LogP) is 3.54. The lowest BCUT2D eigenvalue weighted by Crippen LogP contribution is -2.47. The lowest BCUT2D eigenvalue weighted by atomic mass is 10.0. The number of nitrogens with one attached hydrogen (secondary N) is 1. The highest BCUT2D eigenvalue weighted by molar-refractivity contribution is 5.92. The summed E-state index contributed by atoms with van der Waals surface area (Å²) in [4.78, 5) is 14.8. The molecule has 0 radical (unpaired) electrons. The SMILES string of the molecule is COc1ccc(/C=C/C(=O)NC2CCCN(CCc3ccccc3)C2)cc1OC. The normalized spacial score (nSPS) is 17.2. The van der Waals surface area contributed by atoms with Gasteiger partial charge in [0.2, 0.25) is 5.91 Å². The highest BCUT2D eigenvalue weighted by Crippen LogP contribution is 2.27. The highest BCUT2D eigenvalue weighted by Gasteiger charge is 2.20. The first kappa shape index (κ1) is 20.9. The number of ether oxygens (including phenoxy) is 2. The Kier molecular flexibility index (Phi) is 7.70. The van der Waals surface area contributed by atoms with E-state index in [9.17, 15) is 4.79 Å². The summed E-state index contributed by atoms with van der Waals surface area (Å²) < 4.78 is 10.5. The predicted molar refractivity (Wildman–Crippen MR) is 116 cm³/mol. The molecule has 0 spiro atoms. The number of likely N-dealkylation sites (tertiary alicyclic amines) is 1. The number of benzene rings is 2. The number of carbonyl (C=O) groups excluding carboxylic acids is 1. The number of hydrogen-bond donors (Lipinski definition) is 1. The van der Waals surface area contributed by atoms with Gasteiger partial charge in [-0.15, -0.1) is 0 Å². The molecule has 1 saturated heterocycles. The van der Waals surface area contributed by atoms with Crippen molar-refractivity contribution in [2.45, 2.75) is 25.3 Å². The summed E-state index contributed by atoms with van der Waals surface area (Å²) in [5.74, 6) is 1.26. The molecule has 1 N–H and O–H groups in total. The summed E-state index contributed by atoms with van der Waals surface area (Å²) in [6.07, 6.45) is 6.56. The highest BCUT2D eigenvalue weighted by atomic mass is 16.5. The Morgan fingerprint density at radius 1 is 1.14 bits per heavy atom. The molecular formula is C24H30N2O3. The minimum atomic E-state index is -0.0605. The number of carbonyl (C=O) groups is 1. The molecule has 29 heavy (non-hydrogen) atoms. The zero-order valence-electron chi connectivity index (χ0n) is 17.3. The summed E-state index contributed by atoms with van der Waals surface area (Å²) in [7, 11) is 3.21. The minimum absolute atomic E-state index is 0.0605. The smallest absolute Gasteiger partial charge is 0.244 e. The largest absolute Gasteiger partial charge is 0.493 e. The summed E-state index contributed by atoms with van der Waals surface area (Å²) in [5, 5.41) is 3.15. The summed E-state index contributed by atoms with van der Waals surface area (Å²) in [5.41, 5.74) is 2.25. The van der Waals surface area contributed by atoms with Gasteiger partial charge in [0, 0.05) is 25.2 Å². The fourth-order valence-corrected chi connectivity index (χ4v) is 3.69. The third kappa shape index (κ3) is 6.36. The molecule has 1 atom stereocenters. The number of piperidine rings is 1. The number of rotatable bonds is 8.